The molecule has 0 spiro atoms. The van der Waals surface area contributed by atoms with Crippen molar-refractivity contribution < 1.29 is 23.5 Å². The standard InChI is InChI=1S/C25H18ClFINO4S/c1-32-21-10-7-16(11-22(21)33-14-18-19(26)3-2-4-20(18)27)12-23-24(30)29(25(31)34-23)13-15-5-8-17(28)9-6-15/h2-12H,13-14H2,1H3/b23-12+. The van der Waals surface area contributed by atoms with Gasteiger partial charge in [0.25, 0.3) is 11.1 Å². The van der Waals surface area contributed by atoms with Crippen molar-refractivity contribution in [2.24, 2.45) is 0 Å². The maximum Gasteiger partial charge on any atom is 0.293 e. The average molecular weight is 610 g/mol. The lowest BCUT2D eigenvalue weighted by molar-refractivity contribution is -0.123. The number of benzene rings is 3. The van der Waals surface area contributed by atoms with E-state index in [1.165, 1.54) is 24.1 Å². The van der Waals surface area contributed by atoms with Crippen molar-refractivity contribution in [1.82, 2.24) is 4.90 Å². The van der Waals surface area contributed by atoms with E-state index in [1.54, 1.807) is 30.3 Å². The zero-order valence-electron chi connectivity index (χ0n) is 17.9. The normalized spacial score (nSPS) is 14.7. The highest BCUT2D eigenvalue weighted by Gasteiger charge is 2.35. The van der Waals surface area contributed by atoms with Crippen molar-refractivity contribution in [3.05, 3.63) is 96.7 Å². The van der Waals surface area contributed by atoms with Gasteiger partial charge in [-0.25, -0.2) is 4.39 Å². The summed E-state index contributed by atoms with van der Waals surface area (Å²) < 4.78 is 26.3. The van der Waals surface area contributed by atoms with E-state index in [0.717, 1.165) is 20.9 Å². The molecule has 1 saturated heterocycles. The van der Waals surface area contributed by atoms with Gasteiger partial charge < -0.3 is 9.47 Å². The van der Waals surface area contributed by atoms with Gasteiger partial charge in [0.1, 0.15) is 12.4 Å². The van der Waals surface area contributed by atoms with Crippen LogP contribution in [0.15, 0.2) is 65.6 Å². The molecule has 1 aliphatic heterocycles. The summed E-state index contributed by atoms with van der Waals surface area (Å²) in [4.78, 5) is 26.9. The molecule has 34 heavy (non-hydrogen) atoms. The molecular weight excluding hydrogens is 592 g/mol. The molecule has 5 nitrogen and oxygen atoms in total. The summed E-state index contributed by atoms with van der Waals surface area (Å²) >= 11 is 9.17. The Morgan fingerprint density at radius 2 is 1.85 bits per heavy atom. The molecule has 0 saturated carbocycles. The fourth-order valence-corrected chi connectivity index (χ4v) is 4.69. The number of hydrogen-bond acceptors (Lipinski definition) is 5. The van der Waals surface area contributed by atoms with Crippen molar-refractivity contribution in [3.63, 3.8) is 0 Å². The van der Waals surface area contributed by atoms with Crippen LogP contribution in [-0.4, -0.2) is 23.2 Å². The lowest BCUT2D eigenvalue weighted by atomic mass is 10.1. The number of rotatable bonds is 7. The minimum Gasteiger partial charge on any atom is -0.493 e. The minimum absolute atomic E-state index is 0.0994. The molecule has 4 rings (SSSR count). The number of carbonyl (C=O) groups is 2. The minimum atomic E-state index is -0.468. The number of methoxy groups -OCH3 is 1. The second-order valence-corrected chi connectivity index (χ2v) is 9.94. The topological polar surface area (TPSA) is 55.8 Å². The predicted molar refractivity (Wildman–Crippen MR) is 139 cm³/mol. The molecular formula is C25H18ClFINO4S. The third kappa shape index (κ3) is 5.56. The zero-order chi connectivity index (χ0) is 24.2. The molecule has 0 atom stereocenters. The molecule has 1 heterocycles. The summed E-state index contributed by atoms with van der Waals surface area (Å²) in [5.41, 5.74) is 1.74. The highest BCUT2D eigenvalue weighted by atomic mass is 127. The lowest BCUT2D eigenvalue weighted by Crippen LogP contribution is -2.27. The highest BCUT2D eigenvalue weighted by Crippen LogP contribution is 2.36. The van der Waals surface area contributed by atoms with E-state index in [2.05, 4.69) is 22.6 Å². The smallest absolute Gasteiger partial charge is 0.293 e. The molecule has 3 aromatic rings. The molecule has 0 N–H and O–H groups in total. The molecule has 174 valence electrons. The third-order valence-electron chi connectivity index (χ3n) is 5.05. The number of carbonyl (C=O) groups excluding carboxylic acids is 2. The van der Waals surface area contributed by atoms with Gasteiger partial charge in [-0.05, 0) is 88.0 Å². The van der Waals surface area contributed by atoms with Crippen molar-refractivity contribution in [2.45, 2.75) is 13.2 Å². The first-order chi connectivity index (χ1) is 16.4. The molecule has 1 fully saturated rings. The Morgan fingerprint density at radius 1 is 1.09 bits per heavy atom. The first-order valence-corrected chi connectivity index (χ1v) is 12.4. The van der Waals surface area contributed by atoms with E-state index in [0.29, 0.717) is 22.0 Å². The van der Waals surface area contributed by atoms with Crippen LogP contribution in [0.25, 0.3) is 6.08 Å². The van der Waals surface area contributed by atoms with Crippen LogP contribution in [0.5, 0.6) is 11.5 Å². The van der Waals surface area contributed by atoms with Crippen LogP contribution in [0.2, 0.25) is 5.02 Å². The lowest BCUT2D eigenvalue weighted by Gasteiger charge is -2.13. The van der Waals surface area contributed by atoms with Gasteiger partial charge in [0, 0.05) is 9.13 Å². The Kier molecular flexibility index (Phi) is 7.80. The number of imide groups is 1. The van der Waals surface area contributed by atoms with Gasteiger partial charge in [0.15, 0.2) is 11.5 Å². The molecule has 9 heteroatoms. The van der Waals surface area contributed by atoms with Crippen LogP contribution in [0.3, 0.4) is 0 Å². The highest BCUT2D eigenvalue weighted by molar-refractivity contribution is 14.1. The number of thioether (sulfide) groups is 1. The summed E-state index contributed by atoms with van der Waals surface area (Å²) in [6.07, 6.45) is 1.63. The second-order valence-electron chi connectivity index (χ2n) is 7.29. The van der Waals surface area contributed by atoms with E-state index in [9.17, 15) is 14.0 Å². The largest absolute Gasteiger partial charge is 0.493 e. The zero-order valence-corrected chi connectivity index (χ0v) is 21.6. The Labute approximate surface area is 219 Å². The van der Waals surface area contributed by atoms with Gasteiger partial charge in [-0.15, -0.1) is 0 Å². The SMILES string of the molecule is COc1ccc(/C=C2/SC(=O)N(Cc3ccc(I)cc3)C2=O)cc1OCc1c(F)cccc1Cl. The Hall–Kier alpha value is -2.56. The number of amides is 2. The van der Waals surface area contributed by atoms with Crippen LogP contribution >= 0.6 is 46.0 Å². The average Bonchev–Trinajstić information content (AvgIpc) is 3.07. The molecule has 0 radical (unpaired) electrons. The van der Waals surface area contributed by atoms with Crippen molar-refractivity contribution in [2.75, 3.05) is 7.11 Å². The second kappa shape index (κ2) is 10.8. The van der Waals surface area contributed by atoms with Crippen LogP contribution in [0, 0.1) is 9.39 Å². The van der Waals surface area contributed by atoms with E-state index in [1.807, 2.05) is 24.3 Å². The first-order valence-electron chi connectivity index (χ1n) is 10.1. The van der Waals surface area contributed by atoms with Crippen molar-refractivity contribution in [1.29, 1.82) is 0 Å². The third-order valence-corrected chi connectivity index (χ3v) is 7.03. The summed E-state index contributed by atoms with van der Waals surface area (Å²) in [6, 6.07) is 17.2. The van der Waals surface area contributed by atoms with Gasteiger partial charge in [-0.2, -0.15) is 0 Å². The molecule has 0 aromatic heterocycles. The van der Waals surface area contributed by atoms with Gasteiger partial charge in [-0.3, -0.25) is 14.5 Å². The van der Waals surface area contributed by atoms with E-state index in [4.69, 9.17) is 21.1 Å². The summed E-state index contributed by atoms with van der Waals surface area (Å²) in [7, 11) is 1.49. The molecule has 0 bridgehead atoms. The number of nitrogens with zero attached hydrogens (tertiary/aromatic N) is 1. The Morgan fingerprint density at radius 3 is 2.56 bits per heavy atom. The maximum absolute atomic E-state index is 14.1. The summed E-state index contributed by atoms with van der Waals surface area (Å²) in [6.45, 7) is 0.108. The van der Waals surface area contributed by atoms with Gasteiger partial charge in [-0.1, -0.05) is 35.9 Å². The predicted octanol–water partition coefficient (Wildman–Crippen LogP) is 6.91. The maximum atomic E-state index is 14.1. The number of halogens is 3. The fourth-order valence-electron chi connectivity index (χ4n) is 3.28. The van der Waals surface area contributed by atoms with Crippen molar-refractivity contribution >= 4 is 63.2 Å². The number of hydrogen-bond donors (Lipinski definition) is 0. The molecule has 0 aliphatic carbocycles. The molecule has 2 amide bonds. The van der Waals surface area contributed by atoms with E-state index in [-0.39, 0.29) is 34.9 Å². The first kappa shape index (κ1) is 24.6. The number of ether oxygens (including phenoxy) is 2. The fraction of sp³-hybridized carbons (Fsp3) is 0.120. The molecule has 0 unspecified atom stereocenters. The van der Waals surface area contributed by atoms with Gasteiger partial charge >= 0.3 is 0 Å². The van der Waals surface area contributed by atoms with Crippen molar-refractivity contribution in [3.8, 4) is 11.5 Å². The van der Waals surface area contributed by atoms with Gasteiger partial charge in [0.05, 0.1) is 23.6 Å². The Balaban J connectivity index is 1.53. The monoisotopic (exact) mass is 609 g/mol. The summed E-state index contributed by atoms with van der Waals surface area (Å²) in [5.74, 6) is -0.0282. The van der Waals surface area contributed by atoms with Crippen LogP contribution < -0.4 is 9.47 Å². The van der Waals surface area contributed by atoms with Crippen LogP contribution in [0.4, 0.5) is 9.18 Å². The van der Waals surface area contributed by atoms with E-state index >= 15 is 0 Å². The quantitative estimate of drug-likeness (QED) is 0.215. The van der Waals surface area contributed by atoms with E-state index < -0.39 is 5.82 Å². The summed E-state index contributed by atoms with van der Waals surface area (Å²) in [5, 5.41) is -0.0640. The van der Waals surface area contributed by atoms with Crippen LogP contribution in [0.1, 0.15) is 16.7 Å². The van der Waals surface area contributed by atoms with Gasteiger partial charge in [0.2, 0.25) is 0 Å². The Bertz CT molecular complexity index is 1260. The van der Waals surface area contributed by atoms with Crippen LogP contribution in [-0.2, 0) is 17.9 Å². The molecule has 1 aliphatic rings. The molecule has 3 aromatic carbocycles.